The third-order valence-electron chi connectivity index (χ3n) is 2.66. The molecular weight excluding hydrogens is 333 g/mol. The molecule has 1 aromatic heterocycles. The summed E-state index contributed by atoms with van der Waals surface area (Å²) in [5.41, 5.74) is 1.81. The van der Waals surface area contributed by atoms with Crippen LogP contribution in [0.25, 0.3) is 0 Å². The van der Waals surface area contributed by atoms with Gasteiger partial charge in [0.15, 0.2) is 0 Å². The maximum atomic E-state index is 12.4. The maximum Gasteiger partial charge on any atom is 0.573 e. The Bertz CT molecular complexity index is 649. The summed E-state index contributed by atoms with van der Waals surface area (Å²) in [4.78, 5) is 13.4. The minimum Gasteiger partial charge on any atom is -0.405 e. The number of para-hydroxylation sites is 1. The number of hydrogen-bond acceptors (Lipinski definition) is 6. The fourth-order valence-electron chi connectivity index (χ4n) is 1.84. The number of ether oxygens (including phenoxy) is 1. The minimum absolute atomic E-state index is 0.0140. The first-order valence-electron chi connectivity index (χ1n) is 6.42. The fraction of sp³-hybridized carbons (Fsp3) is 0.308. The largest absolute Gasteiger partial charge is 0.573 e. The van der Waals surface area contributed by atoms with Gasteiger partial charge in [0.2, 0.25) is 11.0 Å². The molecule has 0 saturated carbocycles. The molecule has 10 heteroatoms. The Morgan fingerprint density at radius 1 is 1.39 bits per heavy atom. The summed E-state index contributed by atoms with van der Waals surface area (Å²) in [7, 11) is 1.62. The molecule has 0 aliphatic carbocycles. The van der Waals surface area contributed by atoms with Crippen molar-refractivity contribution in [3.05, 3.63) is 35.3 Å². The molecule has 1 aromatic carbocycles. The highest BCUT2D eigenvalue weighted by Gasteiger charge is 2.32. The Hall–Kier alpha value is -2.20. The van der Waals surface area contributed by atoms with Crippen LogP contribution in [0.5, 0.6) is 5.75 Å². The number of halogens is 3. The van der Waals surface area contributed by atoms with Crippen molar-refractivity contribution in [3.63, 3.8) is 0 Å². The molecule has 0 unspecified atom stereocenters. The third kappa shape index (κ3) is 5.83. The molecule has 0 saturated heterocycles. The molecule has 1 amide bonds. The van der Waals surface area contributed by atoms with Crippen molar-refractivity contribution < 1.29 is 22.7 Å². The normalized spacial score (nSPS) is 11.5. The number of amides is 1. The van der Waals surface area contributed by atoms with Crippen molar-refractivity contribution in [2.24, 2.45) is 0 Å². The van der Waals surface area contributed by atoms with E-state index in [0.29, 0.717) is 10.7 Å². The van der Waals surface area contributed by atoms with Crippen LogP contribution in [0, 0.1) is 0 Å². The summed E-state index contributed by atoms with van der Waals surface area (Å²) in [6, 6.07) is 5.80. The zero-order valence-corrected chi connectivity index (χ0v) is 12.8. The van der Waals surface area contributed by atoms with Gasteiger partial charge in [0.1, 0.15) is 11.3 Å². The highest BCUT2D eigenvalue weighted by molar-refractivity contribution is 7.13. The predicted octanol–water partition coefficient (Wildman–Crippen LogP) is 2.51. The van der Waals surface area contributed by atoms with E-state index in [4.69, 9.17) is 0 Å². The number of carbonyl (C=O) groups is 1. The Labute approximate surface area is 133 Å². The lowest BCUT2D eigenvalue weighted by Gasteiger charge is -2.18. The van der Waals surface area contributed by atoms with E-state index in [1.54, 1.807) is 18.0 Å². The Kier molecular flexibility index (Phi) is 5.50. The molecule has 23 heavy (non-hydrogen) atoms. The second-order valence-corrected chi connectivity index (χ2v) is 5.45. The van der Waals surface area contributed by atoms with Crippen molar-refractivity contribution in [3.8, 4) is 5.75 Å². The number of nitrogens with zero attached hydrogens (tertiary/aromatic N) is 3. The molecular formula is C13H13F3N4O2S. The quantitative estimate of drug-likeness (QED) is 0.870. The first-order valence-corrected chi connectivity index (χ1v) is 7.29. The Morgan fingerprint density at radius 2 is 2.13 bits per heavy atom. The summed E-state index contributed by atoms with van der Waals surface area (Å²) in [6.07, 6.45) is -4.76. The van der Waals surface area contributed by atoms with Crippen molar-refractivity contribution >= 4 is 22.4 Å². The molecule has 0 aliphatic rings. The van der Waals surface area contributed by atoms with Gasteiger partial charge in [-0.05, 0) is 13.1 Å². The molecule has 1 heterocycles. The van der Waals surface area contributed by atoms with Crippen molar-refractivity contribution in [2.75, 3.05) is 18.9 Å². The van der Waals surface area contributed by atoms with Crippen LogP contribution in [-0.4, -0.2) is 41.0 Å². The lowest BCUT2D eigenvalue weighted by molar-refractivity contribution is -0.275. The van der Waals surface area contributed by atoms with Crippen LogP contribution in [0.4, 0.5) is 18.3 Å². The van der Waals surface area contributed by atoms with Crippen LogP contribution in [0.15, 0.2) is 29.8 Å². The summed E-state index contributed by atoms with van der Waals surface area (Å²) in [5, 5.41) is 10.2. The zero-order chi connectivity index (χ0) is 16.9. The van der Waals surface area contributed by atoms with Gasteiger partial charge in [0, 0.05) is 12.1 Å². The standard InChI is InChI=1S/C13H13F3N4O2S/c1-20(7-11(21)18-12-19-17-8-23-12)6-9-4-2-3-5-10(9)22-13(14,15)16/h2-5,8H,6-7H2,1H3,(H,18,19,21). The zero-order valence-electron chi connectivity index (χ0n) is 12.0. The first-order chi connectivity index (χ1) is 10.8. The van der Waals surface area contributed by atoms with Gasteiger partial charge in [0.05, 0.1) is 6.54 Å². The predicted molar refractivity (Wildman–Crippen MR) is 78.0 cm³/mol. The average Bonchev–Trinajstić information content (AvgIpc) is 2.91. The number of anilines is 1. The molecule has 0 atom stereocenters. The summed E-state index contributed by atoms with van der Waals surface area (Å²) >= 11 is 1.17. The molecule has 0 spiro atoms. The van der Waals surface area contributed by atoms with Crippen molar-refractivity contribution in [2.45, 2.75) is 12.9 Å². The fourth-order valence-corrected chi connectivity index (χ4v) is 2.30. The molecule has 0 bridgehead atoms. The van der Waals surface area contributed by atoms with E-state index in [2.05, 4.69) is 20.3 Å². The van der Waals surface area contributed by atoms with E-state index in [1.165, 1.54) is 35.0 Å². The number of hydrogen-bond donors (Lipinski definition) is 1. The van der Waals surface area contributed by atoms with E-state index >= 15 is 0 Å². The van der Waals surface area contributed by atoms with Gasteiger partial charge in [-0.25, -0.2) is 0 Å². The second-order valence-electron chi connectivity index (χ2n) is 4.62. The third-order valence-corrected chi connectivity index (χ3v) is 3.27. The Balaban J connectivity index is 1.94. The van der Waals surface area contributed by atoms with Crippen LogP contribution in [-0.2, 0) is 11.3 Å². The van der Waals surface area contributed by atoms with Crippen LogP contribution in [0.2, 0.25) is 0 Å². The molecule has 124 valence electrons. The van der Waals surface area contributed by atoms with E-state index in [9.17, 15) is 18.0 Å². The maximum absolute atomic E-state index is 12.4. The average molecular weight is 346 g/mol. The summed E-state index contributed by atoms with van der Waals surface area (Å²) in [5.74, 6) is -0.616. The number of benzene rings is 1. The molecule has 0 aliphatic heterocycles. The minimum atomic E-state index is -4.76. The molecule has 2 rings (SSSR count). The first kappa shape index (κ1) is 17.2. The lowest BCUT2D eigenvalue weighted by atomic mass is 10.2. The van der Waals surface area contributed by atoms with Crippen LogP contribution in [0.1, 0.15) is 5.56 Å². The summed E-state index contributed by atoms with van der Waals surface area (Å²) < 4.78 is 41.1. The number of alkyl halides is 3. The van der Waals surface area contributed by atoms with Gasteiger partial charge in [-0.15, -0.1) is 23.4 Å². The molecule has 0 fully saturated rings. The van der Waals surface area contributed by atoms with Gasteiger partial charge in [0.25, 0.3) is 0 Å². The van der Waals surface area contributed by atoms with Gasteiger partial charge in [-0.1, -0.05) is 29.5 Å². The Morgan fingerprint density at radius 3 is 2.78 bits per heavy atom. The second kappa shape index (κ2) is 7.38. The number of carbonyl (C=O) groups excluding carboxylic acids is 1. The van der Waals surface area contributed by atoms with E-state index in [1.807, 2.05) is 0 Å². The van der Waals surface area contributed by atoms with E-state index in [0.717, 1.165) is 0 Å². The molecule has 0 radical (unpaired) electrons. The van der Waals surface area contributed by atoms with Crippen LogP contribution < -0.4 is 10.1 Å². The molecule has 2 aromatic rings. The van der Waals surface area contributed by atoms with Gasteiger partial charge >= 0.3 is 6.36 Å². The summed E-state index contributed by atoms with van der Waals surface area (Å²) in [6.45, 7) is 0.107. The SMILES string of the molecule is CN(CC(=O)Nc1nncs1)Cc1ccccc1OC(F)(F)F. The number of rotatable bonds is 6. The number of nitrogens with one attached hydrogen (secondary N) is 1. The van der Waals surface area contributed by atoms with Gasteiger partial charge in [-0.2, -0.15) is 0 Å². The van der Waals surface area contributed by atoms with Gasteiger partial charge in [-0.3, -0.25) is 15.0 Å². The number of aromatic nitrogens is 2. The van der Waals surface area contributed by atoms with Crippen LogP contribution in [0.3, 0.4) is 0 Å². The molecule has 1 N–H and O–H groups in total. The lowest BCUT2D eigenvalue weighted by Crippen LogP contribution is -2.30. The van der Waals surface area contributed by atoms with E-state index < -0.39 is 6.36 Å². The van der Waals surface area contributed by atoms with E-state index in [-0.39, 0.29) is 24.7 Å². The monoisotopic (exact) mass is 346 g/mol. The molecule has 6 nitrogen and oxygen atoms in total. The number of likely N-dealkylation sites (N-methyl/N-ethyl adjacent to an activating group) is 1. The highest BCUT2D eigenvalue weighted by Crippen LogP contribution is 2.26. The van der Waals surface area contributed by atoms with Crippen molar-refractivity contribution in [1.82, 2.24) is 15.1 Å². The topological polar surface area (TPSA) is 67.4 Å². The smallest absolute Gasteiger partial charge is 0.405 e. The van der Waals surface area contributed by atoms with Crippen molar-refractivity contribution in [1.29, 1.82) is 0 Å². The van der Waals surface area contributed by atoms with Crippen LogP contribution >= 0.6 is 11.3 Å². The highest BCUT2D eigenvalue weighted by atomic mass is 32.1. The van der Waals surface area contributed by atoms with Gasteiger partial charge < -0.3 is 4.74 Å².